The van der Waals surface area contributed by atoms with Gasteiger partial charge in [-0.2, -0.15) is 13.2 Å². The number of alkyl halides is 3. The maximum absolute atomic E-state index is 13.0. The lowest BCUT2D eigenvalue weighted by Crippen LogP contribution is -2.41. The summed E-state index contributed by atoms with van der Waals surface area (Å²) in [5.74, 6) is 0.953. The van der Waals surface area contributed by atoms with Gasteiger partial charge in [-0.1, -0.05) is 0 Å². The first-order chi connectivity index (χ1) is 12.0. The van der Waals surface area contributed by atoms with Crippen molar-refractivity contribution in [2.75, 3.05) is 22.9 Å². The Morgan fingerprint density at radius 1 is 1.04 bits per heavy atom. The third-order valence-corrected chi connectivity index (χ3v) is 4.53. The quantitative estimate of drug-likeness (QED) is 0.845. The second-order valence-electron chi connectivity index (χ2n) is 6.33. The molecule has 1 atom stereocenters. The van der Waals surface area contributed by atoms with Crippen LogP contribution in [0.5, 0.6) is 0 Å². The fourth-order valence-corrected chi connectivity index (χ4v) is 3.24. The van der Waals surface area contributed by atoms with Crippen LogP contribution in [0.25, 0.3) is 0 Å². The summed E-state index contributed by atoms with van der Waals surface area (Å²) in [6.07, 6.45) is 4.42. The summed E-state index contributed by atoms with van der Waals surface area (Å²) >= 11 is 0. The van der Waals surface area contributed by atoms with Gasteiger partial charge in [0, 0.05) is 37.7 Å². The van der Waals surface area contributed by atoms with E-state index in [1.54, 1.807) is 18.6 Å². The first-order valence-electron chi connectivity index (χ1n) is 8.22. The van der Waals surface area contributed by atoms with Gasteiger partial charge in [0.25, 0.3) is 0 Å². The summed E-state index contributed by atoms with van der Waals surface area (Å²) in [6, 6.07) is 1.20. The van der Waals surface area contributed by atoms with Crippen molar-refractivity contribution in [1.82, 2.24) is 19.9 Å². The highest BCUT2D eigenvalue weighted by Gasteiger charge is 2.40. The van der Waals surface area contributed by atoms with Gasteiger partial charge in [-0.3, -0.25) is 4.98 Å². The van der Waals surface area contributed by atoms with Crippen LogP contribution in [0.2, 0.25) is 0 Å². The number of hydrogen-bond donors (Lipinski definition) is 0. The molecule has 1 saturated carbocycles. The van der Waals surface area contributed by atoms with E-state index in [2.05, 4.69) is 24.8 Å². The Morgan fingerprint density at radius 3 is 2.56 bits per heavy atom. The molecule has 25 heavy (non-hydrogen) atoms. The molecule has 0 bridgehead atoms. The minimum atomic E-state index is -4.46. The number of hydrogen-bond acceptors (Lipinski definition) is 6. The van der Waals surface area contributed by atoms with Gasteiger partial charge in [0.05, 0.1) is 12.2 Å². The third-order valence-electron chi connectivity index (χ3n) is 4.53. The van der Waals surface area contributed by atoms with Gasteiger partial charge in [-0.05, 0) is 25.3 Å². The Labute approximate surface area is 142 Å². The molecule has 0 radical (unpaired) electrons. The van der Waals surface area contributed by atoms with E-state index in [1.165, 1.54) is 6.20 Å². The molecule has 6 nitrogen and oxygen atoms in total. The van der Waals surface area contributed by atoms with Crippen molar-refractivity contribution in [3.8, 4) is 0 Å². The molecule has 4 rings (SSSR count). The third kappa shape index (κ3) is 3.35. The first kappa shape index (κ1) is 16.0. The van der Waals surface area contributed by atoms with Crippen molar-refractivity contribution < 1.29 is 13.2 Å². The molecular formula is C16H17F3N6. The Kier molecular flexibility index (Phi) is 3.93. The highest BCUT2D eigenvalue weighted by molar-refractivity contribution is 5.43. The van der Waals surface area contributed by atoms with Crippen LogP contribution in [0.4, 0.5) is 24.9 Å². The van der Waals surface area contributed by atoms with Crippen LogP contribution in [0.15, 0.2) is 30.9 Å². The minimum Gasteiger partial charge on any atom is -0.353 e. The predicted octanol–water partition coefficient (Wildman–Crippen LogP) is 2.53. The van der Waals surface area contributed by atoms with Gasteiger partial charge < -0.3 is 9.80 Å². The molecule has 0 spiro atoms. The van der Waals surface area contributed by atoms with Crippen LogP contribution < -0.4 is 9.80 Å². The van der Waals surface area contributed by atoms with E-state index in [-0.39, 0.29) is 18.0 Å². The molecule has 0 amide bonds. The molecule has 2 aromatic heterocycles. The summed E-state index contributed by atoms with van der Waals surface area (Å²) in [5.41, 5.74) is -0.896. The normalized spacial score (nSPS) is 20.8. The summed E-state index contributed by atoms with van der Waals surface area (Å²) in [5, 5.41) is 0. The lowest BCUT2D eigenvalue weighted by Gasteiger charge is -2.29. The lowest BCUT2D eigenvalue weighted by atomic mass is 10.2. The average Bonchev–Trinajstić information content (AvgIpc) is 3.32. The standard InChI is InChI=1S/C16H17F3N6/c17-16(18,19)13-3-5-22-15(23-13)25(11-1-2-11)12-4-8-24(10-12)14-9-20-6-7-21-14/h3,5-7,9,11-12H,1-2,4,8,10H2. The van der Waals surface area contributed by atoms with Gasteiger partial charge in [0.2, 0.25) is 5.95 Å². The monoisotopic (exact) mass is 350 g/mol. The van der Waals surface area contributed by atoms with Crippen molar-refractivity contribution in [2.24, 2.45) is 0 Å². The highest BCUT2D eigenvalue weighted by Crippen LogP contribution is 2.36. The van der Waals surface area contributed by atoms with Gasteiger partial charge in [0.15, 0.2) is 0 Å². The zero-order valence-corrected chi connectivity index (χ0v) is 13.4. The van der Waals surface area contributed by atoms with Crippen molar-refractivity contribution in [3.05, 3.63) is 36.5 Å². The molecule has 0 N–H and O–H groups in total. The van der Waals surface area contributed by atoms with E-state index < -0.39 is 11.9 Å². The highest BCUT2D eigenvalue weighted by atomic mass is 19.4. The number of anilines is 2. The SMILES string of the molecule is FC(F)(F)c1ccnc(N(C2CC2)C2CCN(c3cnccn3)C2)n1. The zero-order valence-electron chi connectivity index (χ0n) is 13.4. The second kappa shape index (κ2) is 6.12. The van der Waals surface area contributed by atoms with Crippen LogP contribution >= 0.6 is 0 Å². The first-order valence-corrected chi connectivity index (χ1v) is 8.22. The molecule has 2 aromatic rings. The molecule has 1 aliphatic carbocycles. The van der Waals surface area contributed by atoms with Crippen molar-refractivity contribution in [1.29, 1.82) is 0 Å². The van der Waals surface area contributed by atoms with E-state index in [9.17, 15) is 13.2 Å². The number of rotatable bonds is 4. The van der Waals surface area contributed by atoms with Crippen LogP contribution in [-0.4, -0.2) is 45.1 Å². The van der Waals surface area contributed by atoms with Gasteiger partial charge in [-0.25, -0.2) is 15.0 Å². The fourth-order valence-electron chi connectivity index (χ4n) is 3.24. The zero-order chi connectivity index (χ0) is 17.4. The van der Waals surface area contributed by atoms with Gasteiger partial charge >= 0.3 is 6.18 Å². The average molecular weight is 350 g/mol. The molecular weight excluding hydrogens is 333 g/mol. The predicted molar refractivity (Wildman–Crippen MR) is 85.2 cm³/mol. The van der Waals surface area contributed by atoms with Gasteiger partial charge in [0.1, 0.15) is 11.5 Å². The molecule has 2 aliphatic rings. The van der Waals surface area contributed by atoms with Crippen LogP contribution in [0.3, 0.4) is 0 Å². The molecule has 1 aliphatic heterocycles. The maximum atomic E-state index is 13.0. The molecule has 1 saturated heterocycles. The number of halogens is 3. The maximum Gasteiger partial charge on any atom is 0.433 e. The summed E-state index contributed by atoms with van der Waals surface area (Å²) in [6.45, 7) is 1.46. The molecule has 0 aromatic carbocycles. The Morgan fingerprint density at radius 2 is 1.88 bits per heavy atom. The van der Waals surface area contributed by atoms with Crippen molar-refractivity contribution >= 4 is 11.8 Å². The van der Waals surface area contributed by atoms with Crippen LogP contribution in [0.1, 0.15) is 25.0 Å². The topological polar surface area (TPSA) is 58.0 Å². The largest absolute Gasteiger partial charge is 0.433 e. The molecule has 1 unspecified atom stereocenters. The Hall–Kier alpha value is -2.45. The molecule has 3 heterocycles. The number of nitrogens with zero attached hydrogens (tertiary/aromatic N) is 6. The van der Waals surface area contributed by atoms with Gasteiger partial charge in [-0.15, -0.1) is 0 Å². The van der Waals surface area contributed by atoms with Crippen molar-refractivity contribution in [2.45, 2.75) is 37.5 Å². The summed E-state index contributed by atoms with van der Waals surface area (Å²) < 4.78 is 38.9. The molecule has 132 valence electrons. The van der Waals surface area contributed by atoms with E-state index in [0.29, 0.717) is 6.54 Å². The Bertz CT molecular complexity index is 734. The molecule has 9 heteroatoms. The van der Waals surface area contributed by atoms with E-state index in [1.807, 2.05) is 4.90 Å². The van der Waals surface area contributed by atoms with Crippen molar-refractivity contribution in [3.63, 3.8) is 0 Å². The smallest absolute Gasteiger partial charge is 0.353 e. The second-order valence-corrected chi connectivity index (χ2v) is 6.33. The lowest BCUT2D eigenvalue weighted by molar-refractivity contribution is -0.141. The fraction of sp³-hybridized carbons (Fsp3) is 0.500. The van der Waals surface area contributed by atoms with Crippen LogP contribution in [-0.2, 0) is 6.18 Å². The van der Waals surface area contributed by atoms with E-state index in [0.717, 1.165) is 37.7 Å². The van der Waals surface area contributed by atoms with Crippen LogP contribution in [0, 0.1) is 0 Å². The van der Waals surface area contributed by atoms with E-state index in [4.69, 9.17) is 0 Å². The van der Waals surface area contributed by atoms with E-state index >= 15 is 0 Å². The Balaban J connectivity index is 1.57. The summed E-state index contributed by atoms with van der Waals surface area (Å²) in [7, 11) is 0. The number of aromatic nitrogens is 4. The molecule has 2 fully saturated rings. The minimum absolute atomic E-state index is 0.0676. The summed E-state index contributed by atoms with van der Waals surface area (Å²) in [4.78, 5) is 20.4.